The van der Waals surface area contributed by atoms with Gasteiger partial charge in [-0.3, -0.25) is 9.69 Å². The van der Waals surface area contributed by atoms with Crippen LogP contribution in [0.5, 0.6) is 0 Å². The van der Waals surface area contributed by atoms with Crippen LogP contribution >= 0.6 is 11.6 Å². The fourth-order valence-corrected chi connectivity index (χ4v) is 4.06. The number of nitrogens with zero attached hydrogens (tertiary/aromatic N) is 2. The highest BCUT2D eigenvalue weighted by atomic mass is 35.5. The van der Waals surface area contributed by atoms with Crippen LogP contribution in [-0.2, 0) is 27.2 Å². The summed E-state index contributed by atoms with van der Waals surface area (Å²) in [6, 6.07) is 5.74. The summed E-state index contributed by atoms with van der Waals surface area (Å²) in [6.07, 6.45) is 1.57. The molecule has 1 aromatic carbocycles. The molecule has 1 heterocycles. The lowest BCUT2D eigenvalue weighted by Gasteiger charge is -2.45. The normalized spacial score (nSPS) is 16.8. The molecule has 0 radical (unpaired) electrons. The van der Waals surface area contributed by atoms with Crippen molar-refractivity contribution in [3.63, 3.8) is 0 Å². The standard InChI is InChI=1S/C25H39ClN2O4/c1-23(2,3)31-21(29)16-19-18(10-9-11-20(19)26)17-27(8)25(7)12-14-28(15-13-25)22(30)32-24(4,5)6/h9-11H,12-17H2,1-8H3. The molecular formula is C25H39ClN2O4. The van der Waals surface area contributed by atoms with Crippen LogP contribution in [-0.4, -0.2) is 58.7 Å². The minimum absolute atomic E-state index is 0.0793. The molecule has 6 nitrogen and oxygen atoms in total. The number of esters is 1. The number of likely N-dealkylation sites (tertiary alicyclic amines) is 1. The number of halogens is 1. The molecule has 1 aliphatic rings. The molecule has 1 amide bonds. The van der Waals surface area contributed by atoms with Crippen molar-refractivity contribution in [2.24, 2.45) is 0 Å². The quantitative estimate of drug-likeness (QED) is 0.540. The van der Waals surface area contributed by atoms with Gasteiger partial charge in [0.2, 0.25) is 0 Å². The largest absolute Gasteiger partial charge is 0.460 e. The summed E-state index contributed by atoms with van der Waals surface area (Å²) in [5, 5.41) is 0.576. The molecule has 180 valence electrons. The van der Waals surface area contributed by atoms with Crippen LogP contribution in [0.25, 0.3) is 0 Å². The first-order valence-corrected chi connectivity index (χ1v) is 11.6. The lowest BCUT2D eigenvalue weighted by Crippen LogP contribution is -2.53. The lowest BCUT2D eigenvalue weighted by molar-refractivity contribution is -0.153. The molecule has 0 aromatic heterocycles. The van der Waals surface area contributed by atoms with Crippen molar-refractivity contribution in [3.05, 3.63) is 34.3 Å². The maximum absolute atomic E-state index is 12.4. The minimum atomic E-state index is -0.537. The second-order valence-corrected chi connectivity index (χ2v) is 11.4. The Kier molecular flexibility index (Phi) is 8.27. The zero-order chi connectivity index (χ0) is 24.3. The number of piperidine rings is 1. The molecular weight excluding hydrogens is 428 g/mol. The smallest absolute Gasteiger partial charge is 0.410 e. The van der Waals surface area contributed by atoms with E-state index in [2.05, 4.69) is 18.9 Å². The van der Waals surface area contributed by atoms with Gasteiger partial charge >= 0.3 is 12.1 Å². The van der Waals surface area contributed by atoms with E-state index in [4.69, 9.17) is 21.1 Å². The maximum atomic E-state index is 12.4. The van der Waals surface area contributed by atoms with Crippen LogP contribution in [0.15, 0.2) is 18.2 Å². The summed E-state index contributed by atoms with van der Waals surface area (Å²) in [6.45, 7) is 15.4. The SMILES string of the molecule is CN(Cc1cccc(Cl)c1CC(=O)OC(C)(C)C)C1(C)CCN(C(=O)OC(C)(C)C)CC1. The van der Waals surface area contributed by atoms with Crippen LogP contribution in [0.3, 0.4) is 0 Å². The van der Waals surface area contributed by atoms with Gasteiger partial charge in [-0.05, 0) is 85.5 Å². The Morgan fingerprint density at radius 2 is 1.62 bits per heavy atom. The molecule has 2 rings (SSSR count). The van der Waals surface area contributed by atoms with Crippen molar-refractivity contribution in [1.29, 1.82) is 0 Å². The molecule has 0 bridgehead atoms. The van der Waals surface area contributed by atoms with E-state index in [0.717, 1.165) is 24.0 Å². The number of hydrogen-bond donors (Lipinski definition) is 0. The summed E-state index contributed by atoms with van der Waals surface area (Å²) in [7, 11) is 2.08. The molecule has 1 aromatic rings. The highest BCUT2D eigenvalue weighted by Gasteiger charge is 2.36. The molecule has 0 saturated carbocycles. The average Bonchev–Trinajstić information content (AvgIpc) is 2.62. The second kappa shape index (κ2) is 10.0. The molecule has 0 atom stereocenters. The van der Waals surface area contributed by atoms with E-state index in [1.807, 2.05) is 59.7 Å². The molecule has 1 fully saturated rings. The first-order valence-electron chi connectivity index (χ1n) is 11.3. The Balaban J connectivity index is 2.06. The van der Waals surface area contributed by atoms with Crippen LogP contribution < -0.4 is 0 Å². The van der Waals surface area contributed by atoms with E-state index in [9.17, 15) is 9.59 Å². The Labute approximate surface area is 198 Å². The third-order valence-corrected chi connectivity index (χ3v) is 6.13. The van der Waals surface area contributed by atoms with E-state index < -0.39 is 11.2 Å². The zero-order valence-corrected chi connectivity index (χ0v) is 21.6. The lowest BCUT2D eigenvalue weighted by atomic mass is 9.87. The van der Waals surface area contributed by atoms with E-state index >= 15 is 0 Å². The summed E-state index contributed by atoms with van der Waals surface area (Å²) in [4.78, 5) is 28.9. The predicted molar refractivity (Wildman–Crippen MR) is 128 cm³/mol. The van der Waals surface area contributed by atoms with E-state index in [-0.39, 0.29) is 24.0 Å². The van der Waals surface area contributed by atoms with Gasteiger partial charge in [0.1, 0.15) is 11.2 Å². The van der Waals surface area contributed by atoms with Gasteiger partial charge in [-0.25, -0.2) is 4.79 Å². The first-order chi connectivity index (χ1) is 14.6. The highest BCUT2D eigenvalue weighted by molar-refractivity contribution is 6.31. The molecule has 0 spiro atoms. The second-order valence-electron chi connectivity index (χ2n) is 11.0. The van der Waals surface area contributed by atoms with Crippen molar-refractivity contribution in [1.82, 2.24) is 9.80 Å². The van der Waals surface area contributed by atoms with Crippen LogP contribution in [0.2, 0.25) is 5.02 Å². The van der Waals surface area contributed by atoms with Gasteiger partial charge in [0.25, 0.3) is 0 Å². The van der Waals surface area contributed by atoms with E-state index in [1.165, 1.54) is 0 Å². The first kappa shape index (κ1) is 26.5. The third kappa shape index (κ3) is 7.66. The number of amides is 1. The minimum Gasteiger partial charge on any atom is -0.460 e. The highest BCUT2D eigenvalue weighted by Crippen LogP contribution is 2.31. The van der Waals surface area contributed by atoms with Gasteiger partial charge in [-0.15, -0.1) is 0 Å². The van der Waals surface area contributed by atoms with Crippen LogP contribution in [0.1, 0.15) is 72.4 Å². The van der Waals surface area contributed by atoms with E-state index in [1.54, 1.807) is 4.90 Å². The summed E-state index contributed by atoms with van der Waals surface area (Å²) < 4.78 is 11.0. The summed E-state index contributed by atoms with van der Waals surface area (Å²) in [5.41, 5.74) is 0.715. The molecule has 32 heavy (non-hydrogen) atoms. The number of carbonyl (C=O) groups excluding carboxylic acids is 2. The van der Waals surface area contributed by atoms with Crippen molar-refractivity contribution in [3.8, 4) is 0 Å². The summed E-state index contributed by atoms with van der Waals surface area (Å²) >= 11 is 6.47. The molecule has 7 heteroatoms. The number of hydrogen-bond acceptors (Lipinski definition) is 5. The van der Waals surface area contributed by atoms with Gasteiger partial charge in [-0.2, -0.15) is 0 Å². The maximum Gasteiger partial charge on any atom is 0.410 e. The topological polar surface area (TPSA) is 59.1 Å². The van der Waals surface area contributed by atoms with Gasteiger partial charge < -0.3 is 14.4 Å². The van der Waals surface area contributed by atoms with Crippen molar-refractivity contribution >= 4 is 23.7 Å². The van der Waals surface area contributed by atoms with Gasteiger partial charge in [-0.1, -0.05) is 23.7 Å². The van der Waals surface area contributed by atoms with E-state index in [0.29, 0.717) is 24.7 Å². The summed E-state index contributed by atoms with van der Waals surface area (Å²) in [5.74, 6) is -0.286. The number of carbonyl (C=O) groups is 2. The fourth-order valence-electron chi connectivity index (χ4n) is 3.80. The van der Waals surface area contributed by atoms with Crippen molar-refractivity contribution in [2.45, 2.75) is 91.0 Å². The van der Waals surface area contributed by atoms with Crippen molar-refractivity contribution < 1.29 is 19.1 Å². The Bertz CT molecular complexity index is 818. The van der Waals surface area contributed by atoms with Gasteiger partial charge in [0.05, 0.1) is 6.42 Å². The van der Waals surface area contributed by atoms with Crippen molar-refractivity contribution in [2.75, 3.05) is 20.1 Å². The Hall–Kier alpha value is -1.79. The number of rotatable bonds is 5. The number of benzene rings is 1. The predicted octanol–water partition coefficient (Wildman–Crippen LogP) is 5.45. The number of ether oxygens (including phenoxy) is 2. The Morgan fingerprint density at radius 1 is 1.06 bits per heavy atom. The van der Waals surface area contributed by atoms with Gasteiger partial charge in [0.15, 0.2) is 0 Å². The Morgan fingerprint density at radius 3 is 2.16 bits per heavy atom. The van der Waals surface area contributed by atoms with Crippen LogP contribution in [0.4, 0.5) is 4.79 Å². The molecule has 0 aliphatic carbocycles. The molecule has 0 unspecified atom stereocenters. The monoisotopic (exact) mass is 466 g/mol. The molecule has 1 saturated heterocycles. The van der Waals surface area contributed by atoms with Gasteiger partial charge in [0, 0.05) is 30.2 Å². The molecule has 1 aliphatic heterocycles. The zero-order valence-electron chi connectivity index (χ0n) is 20.9. The third-order valence-electron chi connectivity index (χ3n) is 5.78. The fraction of sp³-hybridized carbons (Fsp3) is 0.680. The van der Waals surface area contributed by atoms with Crippen LogP contribution in [0, 0.1) is 0 Å². The average molecular weight is 467 g/mol. The molecule has 0 N–H and O–H groups in total.